The number of amides is 1. The molecule has 0 bridgehead atoms. The number of nitrogens with one attached hydrogen (secondary N) is 2. The van der Waals surface area contributed by atoms with E-state index in [0.717, 1.165) is 16.3 Å². The third kappa shape index (κ3) is 3.69. The maximum absolute atomic E-state index is 12.3. The van der Waals surface area contributed by atoms with E-state index in [1.165, 1.54) is 0 Å². The topological polar surface area (TPSA) is 54.0 Å². The molecule has 2 aromatic carbocycles. The molecule has 3 rings (SSSR count). The Kier molecular flexibility index (Phi) is 4.74. The largest absolute Gasteiger partial charge is 0.317 e. The van der Waals surface area contributed by atoms with Crippen LogP contribution in [0.3, 0.4) is 0 Å². The van der Waals surface area contributed by atoms with Crippen LogP contribution < -0.4 is 10.6 Å². The van der Waals surface area contributed by atoms with Gasteiger partial charge in [0.25, 0.3) is 5.91 Å². The fraction of sp³-hybridized carbons (Fsp3) is 0.0556. The van der Waals surface area contributed by atoms with Crippen molar-refractivity contribution in [1.82, 2.24) is 10.3 Å². The van der Waals surface area contributed by atoms with Crippen molar-refractivity contribution in [3.8, 4) is 0 Å². The normalized spacial score (nSPS) is 10.4. The SMILES string of the molecule is Cc1ccnc(NC(=S)NC(=O)c2ccc3c(Cl)cccc3c2)c1. The van der Waals surface area contributed by atoms with E-state index in [9.17, 15) is 4.79 Å². The number of pyridine rings is 1. The van der Waals surface area contributed by atoms with Gasteiger partial charge in [0.05, 0.1) is 0 Å². The van der Waals surface area contributed by atoms with E-state index in [2.05, 4.69) is 15.6 Å². The molecule has 0 unspecified atom stereocenters. The molecule has 1 heterocycles. The molecule has 0 atom stereocenters. The highest BCUT2D eigenvalue weighted by Gasteiger charge is 2.10. The molecule has 0 saturated carbocycles. The number of rotatable bonds is 2. The average Bonchev–Trinajstić information content (AvgIpc) is 2.54. The molecule has 6 heteroatoms. The molecule has 0 spiro atoms. The zero-order chi connectivity index (χ0) is 17.1. The van der Waals surface area contributed by atoms with Gasteiger partial charge in [0.15, 0.2) is 5.11 Å². The maximum Gasteiger partial charge on any atom is 0.257 e. The molecular weight excluding hydrogens is 342 g/mol. The summed E-state index contributed by atoms with van der Waals surface area (Å²) in [6.45, 7) is 1.95. The average molecular weight is 356 g/mol. The smallest absolute Gasteiger partial charge is 0.257 e. The van der Waals surface area contributed by atoms with Crippen molar-refractivity contribution >= 4 is 51.4 Å². The summed E-state index contributed by atoms with van der Waals surface area (Å²) in [7, 11) is 0. The second-order valence-electron chi connectivity index (χ2n) is 5.30. The van der Waals surface area contributed by atoms with Gasteiger partial charge < -0.3 is 5.32 Å². The number of fused-ring (bicyclic) bond motifs is 1. The van der Waals surface area contributed by atoms with Crippen molar-refractivity contribution < 1.29 is 4.79 Å². The standard InChI is InChI=1S/C18H14ClN3OS/c1-11-7-8-20-16(9-11)21-18(24)22-17(23)13-5-6-14-12(10-13)3-2-4-15(14)19/h2-10H,1H3,(H2,20,21,22,23,24). The van der Waals surface area contributed by atoms with Gasteiger partial charge in [-0.15, -0.1) is 0 Å². The van der Waals surface area contributed by atoms with Gasteiger partial charge in [-0.3, -0.25) is 10.1 Å². The van der Waals surface area contributed by atoms with Crippen molar-refractivity contribution in [3.05, 3.63) is 70.9 Å². The van der Waals surface area contributed by atoms with Crippen LogP contribution in [0.2, 0.25) is 5.02 Å². The summed E-state index contributed by atoms with van der Waals surface area (Å²) in [5.41, 5.74) is 1.55. The molecule has 1 aromatic heterocycles. The second-order valence-corrected chi connectivity index (χ2v) is 6.12. The van der Waals surface area contributed by atoms with Crippen molar-refractivity contribution in [3.63, 3.8) is 0 Å². The van der Waals surface area contributed by atoms with E-state index in [-0.39, 0.29) is 11.0 Å². The summed E-state index contributed by atoms with van der Waals surface area (Å²) in [4.78, 5) is 16.5. The summed E-state index contributed by atoms with van der Waals surface area (Å²) in [6.07, 6.45) is 1.68. The van der Waals surface area contributed by atoms with Gasteiger partial charge >= 0.3 is 0 Å². The van der Waals surface area contributed by atoms with Gasteiger partial charge in [-0.05, 0) is 60.4 Å². The van der Waals surface area contributed by atoms with Crippen LogP contribution in [0.5, 0.6) is 0 Å². The number of thiocarbonyl (C=S) groups is 1. The Labute approximate surface area is 149 Å². The first kappa shape index (κ1) is 16.4. The van der Waals surface area contributed by atoms with Crippen molar-refractivity contribution in [2.24, 2.45) is 0 Å². The molecule has 24 heavy (non-hydrogen) atoms. The summed E-state index contributed by atoms with van der Waals surface area (Å²) < 4.78 is 0. The molecule has 3 aromatic rings. The Morgan fingerprint density at radius 3 is 2.79 bits per heavy atom. The minimum atomic E-state index is -0.290. The van der Waals surface area contributed by atoms with E-state index >= 15 is 0 Å². The van der Waals surface area contributed by atoms with Crippen LogP contribution in [-0.4, -0.2) is 16.0 Å². The Hall–Kier alpha value is -2.50. The number of aromatic nitrogens is 1. The number of hydrogen-bond donors (Lipinski definition) is 2. The summed E-state index contributed by atoms with van der Waals surface area (Å²) in [6, 6.07) is 14.6. The lowest BCUT2D eigenvalue weighted by Gasteiger charge is -2.10. The molecule has 0 saturated heterocycles. The Morgan fingerprint density at radius 1 is 1.17 bits per heavy atom. The lowest BCUT2D eigenvalue weighted by atomic mass is 10.1. The summed E-state index contributed by atoms with van der Waals surface area (Å²) >= 11 is 11.3. The second kappa shape index (κ2) is 6.95. The van der Waals surface area contributed by atoms with Crippen LogP contribution in [0.15, 0.2) is 54.7 Å². The van der Waals surface area contributed by atoms with Gasteiger partial charge in [0.1, 0.15) is 5.82 Å². The summed E-state index contributed by atoms with van der Waals surface area (Å²) in [5.74, 6) is 0.299. The number of halogens is 1. The molecule has 1 amide bonds. The molecular formula is C18H14ClN3OS. The monoisotopic (exact) mass is 355 g/mol. The van der Waals surface area contributed by atoms with Gasteiger partial charge in [-0.2, -0.15) is 0 Å². The highest BCUT2D eigenvalue weighted by molar-refractivity contribution is 7.80. The number of anilines is 1. The number of hydrogen-bond acceptors (Lipinski definition) is 3. The number of carbonyl (C=O) groups is 1. The van der Waals surface area contributed by atoms with Crippen molar-refractivity contribution in [1.29, 1.82) is 0 Å². The number of aryl methyl sites for hydroxylation is 1. The predicted octanol–water partition coefficient (Wildman–Crippen LogP) is 4.32. The molecule has 2 N–H and O–H groups in total. The van der Waals surface area contributed by atoms with Crippen molar-refractivity contribution in [2.45, 2.75) is 6.92 Å². The van der Waals surface area contributed by atoms with Crippen molar-refractivity contribution in [2.75, 3.05) is 5.32 Å². The van der Waals surface area contributed by atoms with Crippen LogP contribution in [0.4, 0.5) is 5.82 Å². The van der Waals surface area contributed by atoms with E-state index < -0.39 is 0 Å². The third-order valence-corrected chi connectivity index (χ3v) is 4.01. The van der Waals surface area contributed by atoms with Gasteiger partial charge in [0, 0.05) is 22.2 Å². The molecule has 0 fully saturated rings. The first-order valence-electron chi connectivity index (χ1n) is 7.26. The third-order valence-electron chi connectivity index (χ3n) is 3.47. The molecule has 0 radical (unpaired) electrons. The molecule has 0 aliphatic rings. The lowest BCUT2D eigenvalue weighted by molar-refractivity contribution is 0.0978. The lowest BCUT2D eigenvalue weighted by Crippen LogP contribution is -2.34. The van der Waals surface area contributed by atoms with E-state index in [1.54, 1.807) is 18.3 Å². The zero-order valence-electron chi connectivity index (χ0n) is 12.8. The first-order chi connectivity index (χ1) is 11.5. The molecule has 4 nitrogen and oxygen atoms in total. The Bertz CT molecular complexity index is 942. The molecule has 0 aliphatic heterocycles. The Balaban J connectivity index is 1.73. The van der Waals surface area contributed by atoms with Gasteiger partial charge in [0.2, 0.25) is 0 Å². The minimum Gasteiger partial charge on any atom is -0.317 e. The number of nitrogens with zero attached hydrogens (tertiary/aromatic N) is 1. The van der Waals surface area contributed by atoms with Crippen LogP contribution in [0, 0.1) is 6.92 Å². The quantitative estimate of drug-likeness (QED) is 0.672. The van der Waals surface area contributed by atoms with E-state index in [0.29, 0.717) is 16.4 Å². The highest BCUT2D eigenvalue weighted by Crippen LogP contribution is 2.24. The maximum atomic E-state index is 12.3. The minimum absolute atomic E-state index is 0.198. The van der Waals surface area contributed by atoms with E-state index in [4.69, 9.17) is 23.8 Å². The molecule has 0 aliphatic carbocycles. The first-order valence-corrected chi connectivity index (χ1v) is 8.05. The predicted molar refractivity (Wildman–Crippen MR) is 102 cm³/mol. The highest BCUT2D eigenvalue weighted by atomic mass is 35.5. The Morgan fingerprint density at radius 2 is 2.00 bits per heavy atom. The fourth-order valence-corrected chi connectivity index (χ4v) is 2.75. The fourth-order valence-electron chi connectivity index (χ4n) is 2.31. The van der Waals surface area contributed by atoms with Crippen LogP contribution in [0.1, 0.15) is 15.9 Å². The van der Waals surface area contributed by atoms with E-state index in [1.807, 2.05) is 43.3 Å². The number of benzene rings is 2. The summed E-state index contributed by atoms with van der Waals surface area (Å²) in [5, 5.41) is 8.20. The molecule has 120 valence electrons. The van der Waals surface area contributed by atoms with Crippen LogP contribution in [-0.2, 0) is 0 Å². The van der Waals surface area contributed by atoms with Gasteiger partial charge in [-0.25, -0.2) is 4.98 Å². The van der Waals surface area contributed by atoms with Crippen LogP contribution in [0.25, 0.3) is 10.8 Å². The van der Waals surface area contributed by atoms with Gasteiger partial charge in [-0.1, -0.05) is 29.8 Å². The number of carbonyl (C=O) groups excluding carboxylic acids is 1. The zero-order valence-corrected chi connectivity index (χ0v) is 14.4. The van der Waals surface area contributed by atoms with Crippen LogP contribution >= 0.6 is 23.8 Å².